The van der Waals surface area contributed by atoms with E-state index in [1.54, 1.807) is 16.8 Å². The molecule has 0 aromatic rings. The van der Waals surface area contributed by atoms with Gasteiger partial charge >= 0.3 is 5.51 Å². The summed E-state index contributed by atoms with van der Waals surface area (Å²) in [6, 6.07) is 0. The summed E-state index contributed by atoms with van der Waals surface area (Å²) in [6.45, 7) is 3.33. The standard InChI is InChI=1S/C10H18F3N3OS/c1-15(6-7-18-10(11,12)13)8-9(17)16-4-2-14-3-5-16/h14H,2-8H2,1H3. The molecule has 106 valence electrons. The minimum Gasteiger partial charge on any atom is -0.339 e. The summed E-state index contributed by atoms with van der Waals surface area (Å²) in [5.41, 5.74) is -4.19. The Labute approximate surface area is 109 Å². The first-order chi connectivity index (χ1) is 8.38. The van der Waals surface area contributed by atoms with Gasteiger partial charge in [-0.25, -0.2) is 0 Å². The van der Waals surface area contributed by atoms with Crippen molar-refractivity contribution in [1.82, 2.24) is 15.1 Å². The van der Waals surface area contributed by atoms with Crippen molar-refractivity contribution in [3.63, 3.8) is 0 Å². The van der Waals surface area contributed by atoms with E-state index < -0.39 is 5.51 Å². The van der Waals surface area contributed by atoms with Gasteiger partial charge in [0.2, 0.25) is 5.91 Å². The number of amides is 1. The van der Waals surface area contributed by atoms with Gasteiger partial charge in [-0.2, -0.15) is 13.2 Å². The van der Waals surface area contributed by atoms with Crippen LogP contribution < -0.4 is 5.32 Å². The van der Waals surface area contributed by atoms with Gasteiger partial charge in [-0.3, -0.25) is 9.69 Å². The minimum atomic E-state index is -4.19. The number of halogens is 3. The fourth-order valence-electron chi connectivity index (χ4n) is 1.64. The second-order valence-electron chi connectivity index (χ2n) is 4.16. The van der Waals surface area contributed by atoms with Gasteiger partial charge in [0.05, 0.1) is 6.54 Å². The van der Waals surface area contributed by atoms with Gasteiger partial charge in [-0.15, -0.1) is 0 Å². The quantitative estimate of drug-likeness (QED) is 0.802. The third-order valence-electron chi connectivity index (χ3n) is 2.61. The van der Waals surface area contributed by atoms with Crippen LogP contribution in [0.1, 0.15) is 0 Å². The SMILES string of the molecule is CN(CCSC(F)(F)F)CC(=O)N1CCNCC1. The van der Waals surface area contributed by atoms with Gasteiger partial charge in [0.15, 0.2) is 0 Å². The number of alkyl halides is 3. The van der Waals surface area contributed by atoms with E-state index in [4.69, 9.17) is 0 Å². The van der Waals surface area contributed by atoms with Crippen LogP contribution in [0.5, 0.6) is 0 Å². The van der Waals surface area contributed by atoms with Crippen LogP contribution in [-0.4, -0.2) is 73.3 Å². The monoisotopic (exact) mass is 285 g/mol. The van der Waals surface area contributed by atoms with E-state index in [0.29, 0.717) is 13.1 Å². The molecule has 18 heavy (non-hydrogen) atoms. The van der Waals surface area contributed by atoms with Crippen LogP contribution in [0.25, 0.3) is 0 Å². The Bertz CT molecular complexity index is 270. The summed E-state index contributed by atoms with van der Waals surface area (Å²) >= 11 is -0.0520. The zero-order chi connectivity index (χ0) is 13.6. The fraction of sp³-hybridized carbons (Fsp3) is 0.900. The zero-order valence-electron chi connectivity index (χ0n) is 10.3. The van der Waals surface area contributed by atoms with Crippen LogP contribution in [0.4, 0.5) is 13.2 Å². The molecule has 1 amide bonds. The molecule has 1 heterocycles. The number of thioether (sulfide) groups is 1. The lowest BCUT2D eigenvalue weighted by Crippen LogP contribution is -2.49. The third kappa shape index (κ3) is 6.46. The first-order valence-corrected chi connectivity index (χ1v) is 6.75. The van der Waals surface area contributed by atoms with E-state index in [1.807, 2.05) is 0 Å². The van der Waals surface area contributed by atoms with Crippen molar-refractivity contribution in [3.8, 4) is 0 Å². The molecule has 1 N–H and O–H groups in total. The molecule has 4 nitrogen and oxygen atoms in total. The molecular formula is C10H18F3N3OS. The number of nitrogens with one attached hydrogen (secondary N) is 1. The third-order valence-corrected chi connectivity index (χ3v) is 3.33. The summed E-state index contributed by atoms with van der Waals surface area (Å²) in [5.74, 6) is -0.0644. The van der Waals surface area contributed by atoms with Crippen molar-refractivity contribution in [1.29, 1.82) is 0 Å². The molecule has 0 aromatic carbocycles. The summed E-state index contributed by atoms with van der Waals surface area (Å²) in [5, 5.41) is 3.14. The number of hydrogen-bond acceptors (Lipinski definition) is 4. The number of piperazine rings is 1. The summed E-state index contributed by atoms with van der Waals surface area (Å²) in [4.78, 5) is 15.2. The Morgan fingerprint density at radius 3 is 2.56 bits per heavy atom. The molecule has 0 aromatic heterocycles. The van der Waals surface area contributed by atoms with Crippen molar-refractivity contribution in [2.24, 2.45) is 0 Å². The van der Waals surface area contributed by atoms with Crippen molar-refractivity contribution < 1.29 is 18.0 Å². The van der Waals surface area contributed by atoms with E-state index in [-0.39, 0.29) is 36.5 Å². The first-order valence-electron chi connectivity index (χ1n) is 5.76. The maximum Gasteiger partial charge on any atom is 0.441 e. The van der Waals surface area contributed by atoms with E-state index in [2.05, 4.69) is 5.32 Å². The Kier molecular flexibility index (Phi) is 6.24. The average molecular weight is 285 g/mol. The Morgan fingerprint density at radius 2 is 2.00 bits per heavy atom. The van der Waals surface area contributed by atoms with Crippen LogP contribution in [-0.2, 0) is 4.79 Å². The van der Waals surface area contributed by atoms with Gasteiger partial charge in [0.1, 0.15) is 0 Å². The maximum absolute atomic E-state index is 11.9. The molecule has 1 aliphatic heterocycles. The number of hydrogen-bond donors (Lipinski definition) is 1. The second-order valence-corrected chi connectivity index (χ2v) is 5.32. The minimum absolute atomic E-state index is 0.0176. The molecule has 0 radical (unpaired) electrons. The highest BCUT2D eigenvalue weighted by Crippen LogP contribution is 2.29. The van der Waals surface area contributed by atoms with Crippen molar-refractivity contribution in [2.75, 3.05) is 52.1 Å². The molecule has 1 saturated heterocycles. The molecule has 0 atom stereocenters. The highest BCUT2D eigenvalue weighted by Gasteiger charge is 2.27. The van der Waals surface area contributed by atoms with Crippen molar-refractivity contribution in [2.45, 2.75) is 5.51 Å². The Morgan fingerprint density at radius 1 is 1.39 bits per heavy atom. The molecule has 0 spiro atoms. The topological polar surface area (TPSA) is 35.6 Å². The van der Waals surface area contributed by atoms with E-state index in [1.165, 1.54) is 0 Å². The predicted molar refractivity (Wildman–Crippen MR) is 65.5 cm³/mol. The largest absolute Gasteiger partial charge is 0.441 e. The zero-order valence-corrected chi connectivity index (χ0v) is 11.1. The summed E-state index contributed by atoms with van der Waals surface area (Å²) in [7, 11) is 1.66. The number of rotatable bonds is 5. The molecule has 0 bridgehead atoms. The van der Waals surface area contributed by atoms with Gasteiger partial charge in [-0.1, -0.05) is 0 Å². The summed E-state index contributed by atoms with van der Waals surface area (Å²) in [6.07, 6.45) is 0. The van der Waals surface area contributed by atoms with Gasteiger partial charge < -0.3 is 10.2 Å². The van der Waals surface area contributed by atoms with Crippen LogP contribution in [0, 0.1) is 0 Å². The van der Waals surface area contributed by atoms with Crippen LogP contribution in [0.15, 0.2) is 0 Å². The highest BCUT2D eigenvalue weighted by atomic mass is 32.2. The number of carbonyl (C=O) groups is 1. The van der Waals surface area contributed by atoms with Crippen LogP contribution in [0.3, 0.4) is 0 Å². The van der Waals surface area contributed by atoms with Crippen LogP contribution >= 0.6 is 11.8 Å². The lowest BCUT2D eigenvalue weighted by atomic mass is 10.3. The van der Waals surface area contributed by atoms with Gasteiger partial charge in [0.25, 0.3) is 0 Å². The molecule has 8 heteroatoms. The molecule has 0 aliphatic carbocycles. The first kappa shape index (κ1) is 15.6. The molecular weight excluding hydrogens is 267 g/mol. The Balaban J connectivity index is 2.18. The molecule has 0 saturated carbocycles. The molecule has 1 fully saturated rings. The lowest BCUT2D eigenvalue weighted by molar-refractivity contribution is -0.132. The van der Waals surface area contributed by atoms with Crippen molar-refractivity contribution >= 4 is 17.7 Å². The van der Waals surface area contributed by atoms with Crippen LogP contribution in [0.2, 0.25) is 0 Å². The van der Waals surface area contributed by atoms with E-state index >= 15 is 0 Å². The van der Waals surface area contributed by atoms with Crippen molar-refractivity contribution in [3.05, 3.63) is 0 Å². The fourth-order valence-corrected chi connectivity index (χ4v) is 2.28. The number of nitrogens with zero attached hydrogens (tertiary/aromatic N) is 2. The van der Waals surface area contributed by atoms with Gasteiger partial charge in [-0.05, 0) is 18.8 Å². The lowest BCUT2D eigenvalue weighted by Gasteiger charge is -2.29. The number of carbonyl (C=O) groups excluding carboxylic acids is 1. The average Bonchev–Trinajstić information content (AvgIpc) is 2.28. The van der Waals surface area contributed by atoms with Gasteiger partial charge in [0, 0.05) is 38.5 Å². The second kappa shape index (κ2) is 7.20. The number of likely N-dealkylation sites (N-methyl/N-ethyl adjacent to an activating group) is 1. The highest BCUT2D eigenvalue weighted by molar-refractivity contribution is 8.00. The molecule has 1 aliphatic rings. The maximum atomic E-state index is 11.9. The smallest absolute Gasteiger partial charge is 0.339 e. The van der Waals surface area contributed by atoms with E-state index in [9.17, 15) is 18.0 Å². The summed E-state index contributed by atoms with van der Waals surface area (Å²) < 4.78 is 35.8. The Hall–Kier alpha value is -0.470. The predicted octanol–water partition coefficient (Wildman–Crippen LogP) is 0.603. The molecule has 1 rings (SSSR count). The molecule has 0 unspecified atom stereocenters. The normalized spacial score (nSPS) is 17.3. The van der Waals surface area contributed by atoms with E-state index in [0.717, 1.165) is 13.1 Å².